The topological polar surface area (TPSA) is 29.3 Å². The monoisotopic (exact) mass is 250 g/mol. The fourth-order valence-electron chi connectivity index (χ4n) is 1.90. The van der Waals surface area contributed by atoms with Crippen molar-refractivity contribution < 1.29 is 0 Å². The second-order valence-electron chi connectivity index (χ2n) is 4.51. The first-order valence-corrected chi connectivity index (χ1v) is 6.58. The van der Waals surface area contributed by atoms with E-state index in [-0.39, 0.29) is 0 Å². The average Bonchev–Trinajstić information content (AvgIpc) is 2.29. The van der Waals surface area contributed by atoms with Crippen LogP contribution in [-0.2, 0) is 0 Å². The van der Waals surface area contributed by atoms with Crippen LogP contribution in [0.1, 0.15) is 37.3 Å². The molecule has 0 aliphatic heterocycles. The maximum absolute atomic E-state index is 5.78. The molecule has 0 aliphatic carbocycles. The molecule has 0 heterocycles. The predicted molar refractivity (Wildman–Crippen MR) is 79.9 cm³/mol. The summed E-state index contributed by atoms with van der Waals surface area (Å²) in [5.74, 6) is 0. The highest BCUT2D eigenvalue weighted by atomic mass is 32.1. The summed E-state index contributed by atoms with van der Waals surface area (Å²) in [6.07, 6.45) is 3.71. The summed E-state index contributed by atoms with van der Waals surface area (Å²) in [6, 6.07) is 6.27. The maximum Gasteiger partial charge on any atom is 0.106 e. The molecule has 0 unspecified atom stereocenters. The molecule has 2 nitrogen and oxygen atoms in total. The van der Waals surface area contributed by atoms with E-state index in [9.17, 15) is 0 Å². The number of unbranched alkanes of at least 4 members (excludes halogenated alkanes) is 2. The Hall–Kier alpha value is -1.09. The first-order valence-electron chi connectivity index (χ1n) is 6.17. The number of benzene rings is 1. The van der Waals surface area contributed by atoms with E-state index >= 15 is 0 Å². The van der Waals surface area contributed by atoms with Crippen molar-refractivity contribution in [2.45, 2.75) is 33.1 Å². The molecule has 1 aromatic rings. The van der Waals surface area contributed by atoms with Crippen LogP contribution in [-0.4, -0.2) is 18.6 Å². The van der Waals surface area contributed by atoms with E-state index in [2.05, 4.69) is 44.0 Å². The minimum Gasteiger partial charge on any atom is -0.389 e. The van der Waals surface area contributed by atoms with Gasteiger partial charge in [-0.05, 0) is 25.5 Å². The molecule has 2 N–H and O–H groups in total. The summed E-state index contributed by atoms with van der Waals surface area (Å²) < 4.78 is 0. The summed E-state index contributed by atoms with van der Waals surface area (Å²) in [4.78, 5) is 2.72. The Morgan fingerprint density at radius 3 is 2.65 bits per heavy atom. The number of anilines is 1. The molecular formula is C14H22N2S. The highest BCUT2D eigenvalue weighted by Gasteiger charge is 2.09. The van der Waals surface area contributed by atoms with Crippen LogP contribution >= 0.6 is 12.2 Å². The third-order valence-corrected chi connectivity index (χ3v) is 3.15. The Morgan fingerprint density at radius 1 is 1.35 bits per heavy atom. The zero-order chi connectivity index (χ0) is 12.8. The van der Waals surface area contributed by atoms with E-state index in [0.717, 1.165) is 17.8 Å². The van der Waals surface area contributed by atoms with Crippen molar-refractivity contribution in [3.8, 4) is 0 Å². The number of thiocarbonyl (C=S) groups is 1. The SMILES string of the molecule is CCCCCN(C)c1ccc(C)cc1C(N)=S. The molecule has 0 aromatic heterocycles. The van der Waals surface area contributed by atoms with Gasteiger partial charge in [0.15, 0.2) is 0 Å². The van der Waals surface area contributed by atoms with Crippen LogP contribution in [0.25, 0.3) is 0 Å². The van der Waals surface area contributed by atoms with Crippen molar-refractivity contribution in [1.82, 2.24) is 0 Å². The Morgan fingerprint density at radius 2 is 2.06 bits per heavy atom. The standard InChI is InChI=1S/C14H22N2S/c1-4-5-6-9-16(3)13-8-7-11(2)10-12(13)14(15)17/h7-8,10H,4-6,9H2,1-3H3,(H2,15,17). The molecule has 1 aromatic carbocycles. The largest absolute Gasteiger partial charge is 0.389 e. The maximum atomic E-state index is 5.78. The van der Waals surface area contributed by atoms with E-state index < -0.39 is 0 Å². The Bertz CT molecular complexity index is 388. The lowest BCUT2D eigenvalue weighted by molar-refractivity contribution is 0.705. The van der Waals surface area contributed by atoms with Crippen LogP contribution in [0.2, 0.25) is 0 Å². The third kappa shape index (κ3) is 4.00. The molecule has 0 atom stereocenters. The van der Waals surface area contributed by atoms with Crippen LogP contribution < -0.4 is 10.6 Å². The smallest absolute Gasteiger partial charge is 0.106 e. The molecule has 0 spiro atoms. The first kappa shape index (κ1) is 14.0. The summed E-state index contributed by atoms with van der Waals surface area (Å²) in [5.41, 5.74) is 9.10. The lowest BCUT2D eigenvalue weighted by Crippen LogP contribution is -2.23. The van der Waals surface area contributed by atoms with Crippen LogP contribution in [0.5, 0.6) is 0 Å². The molecule has 1 rings (SSSR count). The molecule has 3 heteroatoms. The Kier molecular flexibility index (Phi) is 5.42. The minimum absolute atomic E-state index is 0.478. The van der Waals surface area contributed by atoms with Crippen LogP contribution in [0.15, 0.2) is 18.2 Å². The minimum atomic E-state index is 0.478. The second-order valence-corrected chi connectivity index (χ2v) is 4.95. The van der Waals surface area contributed by atoms with Crippen molar-refractivity contribution in [1.29, 1.82) is 0 Å². The van der Waals surface area contributed by atoms with Gasteiger partial charge in [0.1, 0.15) is 4.99 Å². The zero-order valence-electron chi connectivity index (χ0n) is 11.0. The van der Waals surface area contributed by atoms with E-state index in [4.69, 9.17) is 18.0 Å². The normalized spacial score (nSPS) is 10.3. The van der Waals surface area contributed by atoms with Crippen LogP contribution in [0.3, 0.4) is 0 Å². The number of nitrogens with two attached hydrogens (primary N) is 1. The lowest BCUT2D eigenvalue weighted by atomic mass is 10.1. The molecular weight excluding hydrogens is 228 g/mol. The van der Waals surface area contributed by atoms with Crippen molar-refractivity contribution >= 4 is 22.9 Å². The molecule has 0 saturated heterocycles. The predicted octanol–water partition coefficient (Wildman–Crippen LogP) is 3.26. The Labute approximate surface area is 110 Å². The molecule has 0 saturated carbocycles. The number of aryl methyl sites for hydroxylation is 1. The highest BCUT2D eigenvalue weighted by molar-refractivity contribution is 7.80. The third-order valence-electron chi connectivity index (χ3n) is 2.93. The molecule has 0 fully saturated rings. The van der Waals surface area contributed by atoms with Gasteiger partial charge in [-0.1, -0.05) is 43.6 Å². The van der Waals surface area contributed by atoms with Crippen LogP contribution in [0.4, 0.5) is 5.69 Å². The first-order chi connectivity index (χ1) is 8.06. The van der Waals surface area contributed by atoms with Crippen molar-refractivity contribution in [3.63, 3.8) is 0 Å². The molecule has 94 valence electrons. The van der Waals surface area contributed by atoms with Gasteiger partial charge in [-0.25, -0.2) is 0 Å². The molecule has 0 bridgehead atoms. The highest BCUT2D eigenvalue weighted by Crippen LogP contribution is 2.21. The summed E-state index contributed by atoms with van der Waals surface area (Å²) in [6.45, 7) is 5.32. The zero-order valence-corrected chi connectivity index (χ0v) is 11.8. The number of hydrogen-bond donors (Lipinski definition) is 1. The molecule has 0 radical (unpaired) electrons. The quantitative estimate of drug-likeness (QED) is 0.621. The van der Waals surface area contributed by atoms with Gasteiger partial charge in [-0.3, -0.25) is 0 Å². The van der Waals surface area contributed by atoms with Crippen LogP contribution in [0, 0.1) is 6.92 Å². The van der Waals surface area contributed by atoms with E-state index in [0.29, 0.717) is 4.99 Å². The van der Waals surface area contributed by atoms with Gasteiger partial charge in [-0.2, -0.15) is 0 Å². The molecule has 0 aliphatic rings. The summed E-state index contributed by atoms with van der Waals surface area (Å²) in [5, 5.41) is 0. The fraction of sp³-hybridized carbons (Fsp3) is 0.500. The Balaban J connectivity index is 2.84. The van der Waals surface area contributed by atoms with Gasteiger partial charge < -0.3 is 10.6 Å². The molecule has 0 amide bonds. The number of nitrogens with zero attached hydrogens (tertiary/aromatic N) is 1. The average molecular weight is 250 g/mol. The van der Waals surface area contributed by atoms with Gasteiger partial charge in [0.05, 0.1) is 0 Å². The van der Waals surface area contributed by atoms with E-state index in [1.165, 1.54) is 24.8 Å². The van der Waals surface area contributed by atoms with Crippen molar-refractivity contribution in [2.75, 3.05) is 18.5 Å². The van der Waals surface area contributed by atoms with Gasteiger partial charge in [0.25, 0.3) is 0 Å². The molecule has 17 heavy (non-hydrogen) atoms. The summed E-state index contributed by atoms with van der Waals surface area (Å²) >= 11 is 5.11. The van der Waals surface area contributed by atoms with Gasteiger partial charge in [0.2, 0.25) is 0 Å². The van der Waals surface area contributed by atoms with E-state index in [1.54, 1.807) is 0 Å². The van der Waals surface area contributed by atoms with Gasteiger partial charge in [0, 0.05) is 24.8 Å². The lowest BCUT2D eigenvalue weighted by Gasteiger charge is -2.22. The van der Waals surface area contributed by atoms with Gasteiger partial charge in [-0.15, -0.1) is 0 Å². The number of rotatable bonds is 6. The van der Waals surface area contributed by atoms with E-state index in [1.807, 2.05) is 0 Å². The fourth-order valence-corrected chi connectivity index (χ4v) is 2.06. The van der Waals surface area contributed by atoms with Gasteiger partial charge >= 0.3 is 0 Å². The summed E-state index contributed by atoms with van der Waals surface area (Å²) in [7, 11) is 2.10. The second kappa shape index (κ2) is 6.60. The number of hydrogen-bond acceptors (Lipinski definition) is 2. The van der Waals surface area contributed by atoms with Crippen molar-refractivity contribution in [2.24, 2.45) is 5.73 Å². The van der Waals surface area contributed by atoms with Crippen molar-refractivity contribution in [3.05, 3.63) is 29.3 Å².